The van der Waals surface area contributed by atoms with E-state index in [1.807, 2.05) is 42.6 Å². The highest BCUT2D eigenvalue weighted by Crippen LogP contribution is 2.21. The van der Waals surface area contributed by atoms with Gasteiger partial charge in [-0.15, -0.1) is 0 Å². The third-order valence-corrected chi connectivity index (χ3v) is 5.13. The SMILES string of the molecule is CONCC(CN1CCN(c2ccccn2)CC1)=C(NOC)c1ccc(Cl)cc1. The van der Waals surface area contributed by atoms with Crippen LogP contribution in [-0.4, -0.2) is 63.4 Å². The first-order valence-electron chi connectivity index (χ1n) is 9.62. The van der Waals surface area contributed by atoms with Gasteiger partial charge in [-0.25, -0.2) is 4.98 Å². The van der Waals surface area contributed by atoms with Gasteiger partial charge in [0.05, 0.1) is 19.9 Å². The third kappa shape index (κ3) is 6.16. The standard InChI is InChI=1S/C21H28ClN5O2/c1-28-24-15-18(21(25-29-2)17-6-8-19(22)9-7-17)16-26-11-13-27(14-12-26)20-5-3-4-10-23-20/h3-10,24-25H,11-16H2,1-2H3. The molecule has 2 N–H and O–H groups in total. The van der Waals surface area contributed by atoms with Gasteiger partial charge in [0.25, 0.3) is 0 Å². The van der Waals surface area contributed by atoms with Gasteiger partial charge in [-0.05, 0) is 29.8 Å². The zero-order chi connectivity index (χ0) is 20.5. The number of halogens is 1. The number of anilines is 1. The minimum absolute atomic E-state index is 0.575. The van der Waals surface area contributed by atoms with Crippen LogP contribution in [0.5, 0.6) is 0 Å². The Morgan fingerprint density at radius 1 is 1.03 bits per heavy atom. The minimum Gasteiger partial charge on any atom is -0.354 e. The van der Waals surface area contributed by atoms with Gasteiger partial charge in [0, 0.05) is 56.1 Å². The Bertz CT molecular complexity index is 777. The van der Waals surface area contributed by atoms with E-state index in [1.54, 1.807) is 14.2 Å². The van der Waals surface area contributed by atoms with E-state index in [1.165, 1.54) is 0 Å². The number of nitrogens with zero attached hydrogens (tertiary/aromatic N) is 3. The molecule has 2 heterocycles. The number of hydrogen-bond acceptors (Lipinski definition) is 7. The van der Waals surface area contributed by atoms with Crippen LogP contribution in [-0.2, 0) is 9.68 Å². The molecule has 7 nitrogen and oxygen atoms in total. The number of hydrogen-bond donors (Lipinski definition) is 2. The fourth-order valence-electron chi connectivity index (χ4n) is 3.38. The Labute approximate surface area is 177 Å². The van der Waals surface area contributed by atoms with Crippen LogP contribution in [0.4, 0.5) is 5.82 Å². The van der Waals surface area contributed by atoms with E-state index in [-0.39, 0.29) is 0 Å². The Kier molecular flexibility index (Phi) is 8.27. The zero-order valence-corrected chi connectivity index (χ0v) is 17.7. The lowest BCUT2D eigenvalue weighted by molar-refractivity contribution is 0.0961. The summed E-state index contributed by atoms with van der Waals surface area (Å²) in [6.45, 7) is 5.15. The van der Waals surface area contributed by atoms with Crippen LogP contribution in [0.2, 0.25) is 5.02 Å². The molecule has 0 unspecified atom stereocenters. The molecule has 1 fully saturated rings. The maximum Gasteiger partial charge on any atom is 0.128 e. The lowest BCUT2D eigenvalue weighted by atomic mass is 10.1. The van der Waals surface area contributed by atoms with Gasteiger partial charge in [-0.1, -0.05) is 29.8 Å². The summed E-state index contributed by atoms with van der Waals surface area (Å²) in [5.74, 6) is 1.03. The number of rotatable bonds is 9. The van der Waals surface area contributed by atoms with Gasteiger partial charge in [0.2, 0.25) is 0 Å². The number of piperazine rings is 1. The molecule has 0 saturated carbocycles. The number of hydroxylamine groups is 2. The van der Waals surface area contributed by atoms with Crippen molar-refractivity contribution in [2.45, 2.75) is 0 Å². The highest BCUT2D eigenvalue weighted by Gasteiger charge is 2.20. The van der Waals surface area contributed by atoms with Gasteiger partial charge in [-0.3, -0.25) is 15.2 Å². The molecule has 0 atom stereocenters. The van der Waals surface area contributed by atoms with E-state index in [9.17, 15) is 0 Å². The maximum atomic E-state index is 6.06. The largest absolute Gasteiger partial charge is 0.354 e. The number of aromatic nitrogens is 1. The van der Waals surface area contributed by atoms with Crippen LogP contribution in [0.3, 0.4) is 0 Å². The zero-order valence-electron chi connectivity index (χ0n) is 16.9. The Morgan fingerprint density at radius 3 is 2.41 bits per heavy atom. The van der Waals surface area contributed by atoms with Crippen LogP contribution in [0.1, 0.15) is 5.56 Å². The molecular formula is C21H28ClN5O2. The molecule has 1 saturated heterocycles. The van der Waals surface area contributed by atoms with Crippen LogP contribution >= 0.6 is 11.6 Å². The molecule has 1 aromatic heterocycles. The van der Waals surface area contributed by atoms with E-state index >= 15 is 0 Å². The average Bonchev–Trinajstić information content (AvgIpc) is 2.77. The smallest absolute Gasteiger partial charge is 0.128 e. The monoisotopic (exact) mass is 417 g/mol. The van der Waals surface area contributed by atoms with Crippen molar-refractivity contribution < 1.29 is 9.68 Å². The molecule has 1 aliphatic heterocycles. The van der Waals surface area contributed by atoms with E-state index in [0.29, 0.717) is 11.6 Å². The second kappa shape index (κ2) is 11.1. The van der Waals surface area contributed by atoms with Crippen LogP contribution in [0.15, 0.2) is 54.2 Å². The summed E-state index contributed by atoms with van der Waals surface area (Å²) in [7, 11) is 3.23. The van der Waals surface area contributed by atoms with E-state index in [2.05, 4.69) is 31.8 Å². The van der Waals surface area contributed by atoms with Crippen molar-refractivity contribution in [1.29, 1.82) is 0 Å². The fraction of sp³-hybridized carbons (Fsp3) is 0.381. The summed E-state index contributed by atoms with van der Waals surface area (Å²) in [5, 5.41) is 0.702. The molecule has 0 bridgehead atoms. The number of pyridine rings is 1. The van der Waals surface area contributed by atoms with Gasteiger partial charge in [-0.2, -0.15) is 5.48 Å². The van der Waals surface area contributed by atoms with Gasteiger partial charge < -0.3 is 9.74 Å². The summed E-state index contributed by atoms with van der Waals surface area (Å²) < 4.78 is 0. The van der Waals surface area contributed by atoms with E-state index < -0.39 is 0 Å². The predicted octanol–water partition coefficient (Wildman–Crippen LogP) is 2.57. The summed E-state index contributed by atoms with van der Waals surface area (Å²) in [5.41, 5.74) is 9.08. The number of benzene rings is 1. The van der Waals surface area contributed by atoms with Gasteiger partial charge >= 0.3 is 0 Å². The van der Waals surface area contributed by atoms with E-state index in [0.717, 1.165) is 55.4 Å². The molecule has 3 rings (SSSR count). The average molecular weight is 418 g/mol. The highest BCUT2D eigenvalue weighted by molar-refractivity contribution is 6.30. The molecule has 29 heavy (non-hydrogen) atoms. The predicted molar refractivity (Wildman–Crippen MR) is 116 cm³/mol. The first kappa shape index (κ1) is 21.5. The van der Waals surface area contributed by atoms with Crippen molar-refractivity contribution in [3.05, 3.63) is 64.8 Å². The van der Waals surface area contributed by atoms with Crippen molar-refractivity contribution in [2.24, 2.45) is 0 Å². The molecule has 2 aromatic rings. The van der Waals surface area contributed by atoms with Crippen molar-refractivity contribution in [3.8, 4) is 0 Å². The highest BCUT2D eigenvalue weighted by atomic mass is 35.5. The Hall–Kier alpha value is -2.16. The second-order valence-corrected chi connectivity index (χ2v) is 7.20. The molecule has 156 valence electrons. The normalized spacial score (nSPS) is 15.9. The van der Waals surface area contributed by atoms with Crippen LogP contribution < -0.4 is 15.9 Å². The molecule has 8 heteroatoms. The van der Waals surface area contributed by atoms with Crippen molar-refractivity contribution >= 4 is 23.1 Å². The summed E-state index contributed by atoms with van der Waals surface area (Å²) in [6, 6.07) is 13.7. The van der Waals surface area contributed by atoms with Crippen LogP contribution in [0.25, 0.3) is 5.70 Å². The first-order chi connectivity index (χ1) is 14.2. The van der Waals surface area contributed by atoms with Gasteiger partial charge in [0.1, 0.15) is 5.82 Å². The summed E-state index contributed by atoms with van der Waals surface area (Å²) in [4.78, 5) is 19.6. The van der Waals surface area contributed by atoms with Crippen molar-refractivity contribution in [2.75, 3.05) is 58.4 Å². The molecule has 0 aliphatic carbocycles. The van der Waals surface area contributed by atoms with E-state index in [4.69, 9.17) is 21.3 Å². The molecule has 0 radical (unpaired) electrons. The lowest BCUT2D eigenvalue weighted by Crippen LogP contribution is -2.47. The van der Waals surface area contributed by atoms with Crippen LogP contribution in [0, 0.1) is 0 Å². The first-order valence-corrected chi connectivity index (χ1v) is 10.00. The third-order valence-electron chi connectivity index (χ3n) is 4.88. The summed E-state index contributed by atoms with van der Waals surface area (Å²) >= 11 is 6.06. The second-order valence-electron chi connectivity index (χ2n) is 6.77. The number of nitrogens with one attached hydrogen (secondary N) is 2. The minimum atomic E-state index is 0.575. The molecule has 0 spiro atoms. The Balaban J connectivity index is 1.74. The molecule has 1 aromatic carbocycles. The van der Waals surface area contributed by atoms with Crippen molar-refractivity contribution in [1.82, 2.24) is 20.8 Å². The molecular weight excluding hydrogens is 390 g/mol. The van der Waals surface area contributed by atoms with Gasteiger partial charge in [0.15, 0.2) is 0 Å². The fourth-order valence-corrected chi connectivity index (χ4v) is 3.51. The molecule has 0 amide bonds. The molecule has 1 aliphatic rings. The lowest BCUT2D eigenvalue weighted by Gasteiger charge is -2.36. The van der Waals surface area contributed by atoms with Crippen molar-refractivity contribution in [3.63, 3.8) is 0 Å². The summed E-state index contributed by atoms with van der Waals surface area (Å²) in [6.07, 6.45) is 1.84. The maximum absolute atomic E-state index is 6.06. The Morgan fingerprint density at radius 2 is 1.79 bits per heavy atom. The quantitative estimate of drug-likeness (QED) is 0.608. The topological polar surface area (TPSA) is 61.9 Å².